The quantitative estimate of drug-likeness (QED) is 0.363. The number of likely N-dealkylation sites (tertiary alicyclic amines) is 1. The second kappa shape index (κ2) is 11.5. The minimum Gasteiger partial charge on any atom is -0.465 e. The molecule has 1 fully saturated rings. The van der Waals surface area contributed by atoms with Gasteiger partial charge in [0.05, 0.1) is 24.5 Å². The highest BCUT2D eigenvalue weighted by atomic mass is 32.2. The summed E-state index contributed by atoms with van der Waals surface area (Å²) in [6, 6.07) is 12.7. The highest BCUT2D eigenvalue weighted by Crippen LogP contribution is 2.29. The molecule has 1 saturated heterocycles. The standard InChI is InChI=1S/C25H28FN5O3S/c1-17(30-14-4-3-5-15-30)23-28-29-25(31(23)21-12-8-19(26)9-13-21)35-16-22(32)27-20-10-6-18(7-11-20)24(33)34-2/h6-13,17H,3-5,14-16H2,1-2H3,(H,27,32). The SMILES string of the molecule is COC(=O)c1ccc(NC(=O)CSc2nnc(C(C)N3CCCCC3)n2-c2ccc(F)cc2)cc1. The van der Waals surface area contributed by atoms with Gasteiger partial charge in [-0.3, -0.25) is 14.3 Å². The second-order valence-corrected chi connectivity index (χ2v) is 9.27. The van der Waals surface area contributed by atoms with Gasteiger partial charge in [-0.1, -0.05) is 18.2 Å². The molecule has 1 atom stereocenters. The number of thioether (sulfide) groups is 1. The van der Waals surface area contributed by atoms with Crippen molar-refractivity contribution >= 4 is 29.3 Å². The van der Waals surface area contributed by atoms with E-state index in [1.807, 2.05) is 4.57 Å². The third-order valence-electron chi connectivity index (χ3n) is 5.98. The molecule has 1 amide bonds. The molecule has 4 rings (SSSR count). The highest BCUT2D eigenvalue weighted by Gasteiger charge is 2.26. The second-order valence-electron chi connectivity index (χ2n) is 8.33. The maximum absolute atomic E-state index is 13.6. The molecule has 10 heteroatoms. The third-order valence-corrected chi connectivity index (χ3v) is 6.91. The molecule has 3 aromatic rings. The van der Waals surface area contributed by atoms with Crippen LogP contribution in [0.3, 0.4) is 0 Å². The zero-order valence-corrected chi connectivity index (χ0v) is 20.6. The van der Waals surface area contributed by atoms with E-state index in [2.05, 4.69) is 32.1 Å². The highest BCUT2D eigenvalue weighted by molar-refractivity contribution is 7.99. The van der Waals surface area contributed by atoms with Gasteiger partial charge in [0.1, 0.15) is 5.82 Å². The van der Waals surface area contributed by atoms with E-state index in [-0.39, 0.29) is 23.5 Å². The summed E-state index contributed by atoms with van der Waals surface area (Å²) in [5, 5.41) is 12.2. The number of methoxy groups -OCH3 is 1. The third kappa shape index (κ3) is 6.07. The predicted octanol–water partition coefficient (Wildman–Crippen LogP) is 4.47. The number of anilines is 1. The van der Waals surface area contributed by atoms with Crippen LogP contribution in [0.2, 0.25) is 0 Å². The van der Waals surface area contributed by atoms with Crippen molar-refractivity contribution in [1.82, 2.24) is 19.7 Å². The van der Waals surface area contributed by atoms with Gasteiger partial charge in [-0.05, 0) is 81.4 Å². The Labute approximate surface area is 207 Å². The lowest BCUT2D eigenvalue weighted by molar-refractivity contribution is -0.113. The molecule has 1 aromatic heterocycles. The van der Waals surface area contributed by atoms with Gasteiger partial charge in [0.2, 0.25) is 5.91 Å². The van der Waals surface area contributed by atoms with Crippen LogP contribution in [0.15, 0.2) is 53.7 Å². The lowest BCUT2D eigenvalue weighted by Crippen LogP contribution is -2.33. The number of hydrogen-bond acceptors (Lipinski definition) is 7. The number of aromatic nitrogens is 3. The van der Waals surface area contributed by atoms with Crippen LogP contribution in [0.4, 0.5) is 10.1 Å². The molecule has 0 bridgehead atoms. The lowest BCUT2D eigenvalue weighted by Gasteiger charge is -2.31. The van der Waals surface area contributed by atoms with Gasteiger partial charge in [0.25, 0.3) is 0 Å². The number of carbonyl (C=O) groups excluding carboxylic acids is 2. The first kappa shape index (κ1) is 24.9. The Kier molecular flexibility index (Phi) is 8.14. The summed E-state index contributed by atoms with van der Waals surface area (Å²) < 4.78 is 20.2. The number of hydrogen-bond donors (Lipinski definition) is 1. The molecule has 35 heavy (non-hydrogen) atoms. The Bertz CT molecular complexity index is 1160. The van der Waals surface area contributed by atoms with Crippen LogP contribution in [0, 0.1) is 5.82 Å². The first-order chi connectivity index (χ1) is 17.0. The summed E-state index contributed by atoms with van der Waals surface area (Å²) >= 11 is 1.26. The van der Waals surface area contributed by atoms with Crippen molar-refractivity contribution < 1.29 is 18.7 Å². The number of nitrogens with zero attached hydrogens (tertiary/aromatic N) is 4. The minimum absolute atomic E-state index is 0.0318. The number of benzene rings is 2. The molecular weight excluding hydrogens is 469 g/mol. The van der Waals surface area contributed by atoms with Crippen molar-refractivity contribution in [3.05, 3.63) is 65.7 Å². The Morgan fingerprint density at radius 3 is 2.40 bits per heavy atom. The van der Waals surface area contributed by atoms with Gasteiger partial charge in [-0.2, -0.15) is 0 Å². The molecule has 0 saturated carbocycles. The number of nitrogens with one attached hydrogen (secondary N) is 1. The van der Waals surface area contributed by atoms with Crippen molar-refractivity contribution in [3.8, 4) is 5.69 Å². The molecule has 8 nitrogen and oxygen atoms in total. The molecule has 1 unspecified atom stereocenters. The van der Waals surface area contributed by atoms with Crippen LogP contribution < -0.4 is 5.32 Å². The van der Waals surface area contributed by atoms with Gasteiger partial charge in [0, 0.05) is 11.4 Å². The Morgan fingerprint density at radius 2 is 1.74 bits per heavy atom. The number of halogens is 1. The minimum atomic E-state index is -0.437. The fourth-order valence-electron chi connectivity index (χ4n) is 4.08. The first-order valence-corrected chi connectivity index (χ1v) is 12.5. The topological polar surface area (TPSA) is 89.3 Å². The number of carbonyl (C=O) groups is 2. The van der Waals surface area contributed by atoms with Crippen molar-refractivity contribution in [2.75, 3.05) is 31.3 Å². The summed E-state index contributed by atoms with van der Waals surface area (Å²) in [7, 11) is 1.32. The molecule has 2 aromatic carbocycles. The smallest absolute Gasteiger partial charge is 0.337 e. The van der Waals surface area contributed by atoms with Crippen molar-refractivity contribution in [1.29, 1.82) is 0 Å². The van der Waals surface area contributed by atoms with E-state index in [0.717, 1.165) is 37.4 Å². The van der Waals surface area contributed by atoms with Gasteiger partial charge >= 0.3 is 5.97 Å². The predicted molar refractivity (Wildman–Crippen MR) is 132 cm³/mol. The number of ether oxygens (including phenoxy) is 1. The van der Waals surface area contributed by atoms with Crippen LogP contribution >= 0.6 is 11.8 Å². The number of esters is 1. The maximum Gasteiger partial charge on any atom is 0.337 e. The monoisotopic (exact) mass is 497 g/mol. The van der Waals surface area contributed by atoms with Crippen molar-refractivity contribution in [2.45, 2.75) is 37.4 Å². The Hall–Kier alpha value is -3.24. The Balaban J connectivity index is 1.49. The average Bonchev–Trinajstić information content (AvgIpc) is 3.32. The molecule has 184 valence electrons. The fraction of sp³-hybridized carbons (Fsp3) is 0.360. The zero-order valence-electron chi connectivity index (χ0n) is 19.7. The van der Waals surface area contributed by atoms with Gasteiger partial charge in [0.15, 0.2) is 11.0 Å². The normalized spacial score (nSPS) is 14.9. The van der Waals surface area contributed by atoms with Crippen LogP contribution in [-0.2, 0) is 9.53 Å². The van der Waals surface area contributed by atoms with E-state index >= 15 is 0 Å². The molecule has 0 aliphatic carbocycles. The average molecular weight is 498 g/mol. The fourth-order valence-corrected chi connectivity index (χ4v) is 4.84. The largest absolute Gasteiger partial charge is 0.465 e. The summed E-state index contributed by atoms with van der Waals surface area (Å²) in [6.45, 7) is 4.10. The van der Waals surface area contributed by atoms with E-state index in [0.29, 0.717) is 16.4 Å². The summed E-state index contributed by atoms with van der Waals surface area (Å²) in [4.78, 5) is 26.6. The van der Waals surface area contributed by atoms with Gasteiger partial charge in [-0.15, -0.1) is 10.2 Å². The van der Waals surface area contributed by atoms with E-state index in [4.69, 9.17) is 0 Å². The Morgan fingerprint density at radius 1 is 1.06 bits per heavy atom. The number of rotatable bonds is 8. The van der Waals surface area contributed by atoms with Crippen molar-refractivity contribution in [3.63, 3.8) is 0 Å². The molecule has 2 heterocycles. The van der Waals surface area contributed by atoms with E-state index in [1.54, 1.807) is 36.4 Å². The van der Waals surface area contributed by atoms with Crippen molar-refractivity contribution in [2.24, 2.45) is 0 Å². The summed E-state index contributed by atoms with van der Waals surface area (Å²) in [5.41, 5.74) is 1.72. The first-order valence-electron chi connectivity index (χ1n) is 11.5. The zero-order chi connectivity index (χ0) is 24.8. The van der Waals surface area contributed by atoms with Crippen LogP contribution in [0.1, 0.15) is 48.4 Å². The van der Waals surface area contributed by atoms with E-state index < -0.39 is 5.97 Å². The number of piperidine rings is 1. The summed E-state index contributed by atoms with van der Waals surface area (Å²) in [5.74, 6) is -0.108. The van der Waals surface area contributed by atoms with E-state index in [9.17, 15) is 14.0 Å². The van der Waals surface area contributed by atoms with E-state index in [1.165, 1.54) is 37.4 Å². The van der Waals surface area contributed by atoms with Gasteiger partial charge < -0.3 is 10.1 Å². The molecular formula is C25H28FN5O3S. The molecule has 1 aliphatic heterocycles. The summed E-state index contributed by atoms with van der Waals surface area (Å²) in [6.07, 6.45) is 3.53. The molecule has 1 aliphatic rings. The molecule has 0 spiro atoms. The van der Waals surface area contributed by atoms with Crippen LogP contribution in [0.5, 0.6) is 0 Å². The molecule has 1 N–H and O–H groups in total. The number of amides is 1. The maximum atomic E-state index is 13.6. The van der Waals surface area contributed by atoms with Gasteiger partial charge in [-0.25, -0.2) is 9.18 Å². The van der Waals surface area contributed by atoms with Crippen LogP contribution in [0.25, 0.3) is 5.69 Å². The van der Waals surface area contributed by atoms with Crippen LogP contribution in [-0.4, -0.2) is 57.5 Å². The lowest BCUT2D eigenvalue weighted by atomic mass is 10.1. The molecule has 0 radical (unpaired) electrons.